The summed E-state index contributed by atoms with van der Waals surface area (Å²) in [4.78, 5) is 16.5. The first-order valence-electron chi connectivity index (χ1n) is 8.11. The zero-order valence-corrected chi connectivity index (χ0v) is 14.4. The van der Waals surface area contributed by atoms with E-state index in [1.54, 1.807) is 0 Å². The first-order valence-corrected chi connectivity index (χ1v) is 9.09. The van der Waals surface area contributed by atoms with Gasteiger partial charge >= 0.3 is 0 Å². The molecule has 0 atom stereocenters. The number of hydrogen-bond acceptors (Lipinski definition) is 4. The van der Waals surface area contributed by atoms with E-state index >= 15 is 0 Å². The molecule has 0 bridgehead atoms. The van der Waals surface area contributed by atoms with Crippen molar-refractivity contribution < 1.29 is 4.79 Å². The highest BCUT2D eigenvalue weighted by molar-refractivity contribution is 8.13. The normalized spacial score (nSPS) is 21.8. The standard InChI is InChI=1S/C16H29N3OS/c1-15(2,3)19-13(20)7-10-17-14-18-11-16(12-21-14)8-5-4-6-9-16/h4-12H2,1-3H3,(H,17,18)(H,19,20). The smallest absolute Gasteiger partial charge is 0.222 e. The molecule has 4 nitrogen and oxygen atoms in total. The predicted octanol–water partition coefficient (Wildman–Crippen LogP) is 2.93. The fraction of sp³-hybridized carbons (Fsp3) is 0.875. The number of carbonyl (C=O) groups is 1. The van der Waals surface area contributed by atoms with E-state index in [9.17, 15) is 4.79 Å². The highest BCUT2D eigenvalue weighted by Crippen LogP contribution is 2.41. The van der Waals surface area contributed by atoms with E-state index in [1.165, 1.54) is 37.9 Å². The second-order valence-corrected chi connectivity index (χ2v) is 8.41. The average molecular weight is 311 g/mol. The lowest BCUT2D eigenvalue weighted by Gasteiger charge is -2.38. The van der Waals surface area contributed by atoms with E-state index < -0.39 is 0 Å². The molecule has 0 aromatic carbocycles. The molecular formula is C16H29N3OS. The summed E-state index contributed by atoms with van der Waals surface area (Å²) in [6.07, 6.45) is 7.30. The quantitative estimate of drug-likeness (QED) is 0.842. The fourth-order valence-corrected chi connectivity index (χ4v) is 4.21. The van der Waals surface area contributed by atoms with Crippen molar-refractivity contribution in [2.75, 3.05) is 18.8 Å². The molecule has 0 radical (unpaired) electrons. The van der Waals surface area contributed by atoms with Crippen LogP contribution in [0.3, 0.4) is 0 Å². The lowest BCUT2D eigenvalue weighted by molar-refractivity contribution is -0.122. The van der Waals surface area contributed by atoms with E-state index in [0.29, 0.717) is 18.4 Å². The molecule has 1 spiro atoms. The SMILES string of the molecule is CC(C)(C)NC(=O)CCNC1=NCC2(CCCCC2)CS1. The zero-order valence-electron chi connectivity index (χ0n) is 13.6. The summed E-state index contributed by atoms with van der Waals surface area (Å²) in [7, 11) is 0. The number of thioether (sulfide) groups is 1. The molecule has 1 aliphatic carbocycles. The van der Waals surface area contributed by atoms with E-state index in [0.717, 1.165) is 11.7 Å². The Morgan fingerprint density at radius 3 is 2.57 bits per heavy atom. The summed E-state index contributed by atoms with van der Waals surface area (Å²) in [5, 5.41) is 7.31. The molecular weight excluding hydrogens is 282 g/mol. The van der Waals surface area contributed by atoms with Gasteiger partial charge in [0.05, 0.1) is 0 Å². The Kier molecular flexibility index (Phi) is 5.58. The number of nitrogens with zero attached hydrogens (tertiary/aromatic N) is 1. The van der Waals surface area contributed by atoms with Gasteiger partial charge in [-0.3, -0.25) is 9.79 Å². The van der Waals surface area contributed by atoms with Gasteiger partial charge in [0.1, 0.15) is 0 Å². The Hall–Kier alpha value is -0.710. The molecule has 5 heteroatoms. The number of hydrogen-bond donors (Lipinski definition) is 2. The number of rotatable bonds is 3. The highest BCUT2D eigenvalue weighted by atomic mass is 32.2. The van der Waals surface area contributed by atoms with Crippen LogP contribution in [0.2, 0.25) is 0 Å². The third-order valence-electron chi connectivity index (χ3n) is 4.13. The molecule has 1 saturated carbocycles. The van der Waals surface area contributed by atoms with Gasteiger partial charge in [-0.2, -0.15) is 0 Å². The molecule has 2 rings (SSSR count). The number of nitrogens with one attached hydrogen (secondary N) is 2. The monoisotopic (exact) mass is 311 g/mol. The van der Waals surface area contributed by atoms with E-state index in [2.05, 4.69) is 10.6 Å². The van der Waals surface area contributed by atoms with Gasteiger partial charge in [-0.05, 0) is 39.0 Å². The molecule has 120 valence electrons. The number of aliphatic imine (C=N–C) groups is 1. The molecule has 0 aromatic rings. The van der Waals surface area contributed by atoms with Crippen LogP contribution in [-0.2, 0) is 4.79 Å². The topological polar surface area (TPSA) is 53.5 Å². The summed E-state index contributed by atoms with van der Waals surface area (Å²) in [6.45, 7) is 7.65. The van der Waals surface area contributed by atoms with Crippen LogP contribution in [0.1, 0.15) is 59.3 Å². The van der Waals surface area contributed by atoms with Crippen molar-refractivity contribution >= 4 is 22.8 Å². The summed E-state index contributed by atoms with van der Waals surface area (Å²) >= 11 is 1.84. The van der Waals surface area contributed by atoms with Crippen LogP contribution >= 0.6 is 11.8 Å². The van der Waals surface area contributed by atoms with Gasteiger partial charge in [-0.25, -0.2) is 0 Å². The van der Waals surface area contributed by atoms with Crippen molar-refractivity contribution in [3.63, 3.8) is 0 Å². The van der Waals surface area contributed by atoms with Crippen molar-refractivity contribution in [3.05, 3.63) is 0 Å². The van der Waals surface area contributed by atoms with Crippen LogP contribution in [0.25, 0.3) is 0 Å². The van der Waals surface area contributed by atoms with Crippen molar-refractivity contribution in [2.45, 2.75) is 64.8 Å². The maximum Gasteiger partial charge on any atom is 0.222 e. The molecule has 1 amide bonds. The fourth-order valence-electron chi connectivity index (χ4n) is 3.03. The highest BCUT2D eigenvalue weighted by Gasteiger charge is 2.34. The van der Waals surface area contributed by atoms with Gasteiger partial charge in [0.15, 0.2) is 5.17 Å². The molecule has 1 heterocycles. The second kappa shape index (κ2) is 7.03. The van der Waals surface area contributed by atoms with Crippen LogP contribution in [0.4, 0.5) is 0 Å². The average Bonchev–Trinajstić information content (AvgIpc) is 2.40. The van der Waals surface area contributed by atoms with Gasteiger partial charge in [0.2, 0.25) is 5.91 Å². The summed E-state index contributed by atoms with van der Waals surface area (Å²) in [6, 6.07) is 0. The molecule has 2 N–H and O–H groups in total. The number of amides is 1. The van der Waals surface area contributed by atoms with Gasteiger partial charge in [-0.15, -0.1) is 0 Å². The Morgan fingerprint density at radius 2 is 2.00 bits per heavy atom. The van der Waals surface area contributed by atoms with Gasteiger partial charge in [0.25, 0.3) is 0 Å². The van der Waals surface area contributed by atoms with Crippen LogP contribution in [0, 0.1) is 5.41 Å². The minimum absolute atomic E-state index is 0.0974. The van der Waals surface area contributed by atoms with Crippen molar-refractivity contribution in [1.82, 2.24) is 10.6 Å². The lowest BCUT2D eigenvalue weighted by Crippen LogP contribution is -2.42. The Bertz CT molecular complexity index is 395. The third kappa shape index (κ3) is 5.53. The predicted molar refractivity (Wildman–Crippen MR) is 90.8 cm³/mol. The van der Waals surface area contributed by atoms with Crippen LogP contribution < -0.4 is 10.6 Å². The maximum atomic E-state index is 11.7. The van der Waals surface area contributed by atoms with Gasteiger partial charge < -0.3 is 10.6 Å². The largest absolute Gasteiger partial charge is 0.364 e. The molecule has 2 aliphatic rings. The van der Waals surface area contributed by atoms with Gasteiger partial charge in [0, 0.05) is 30.8 Å². The minimum Gasteiger partial charge on any atom is -0.364 e. The second-order valence-electron chi connectivity index (χ2n) is 7.45. The molecule has 0 saturated heterocycles. The number of amidine groups is 1. The Morgan fingerprint density at radius 1 is 1.29 bits per heavy atom. The Labute approximate surface area is 132 Å². The molecule has 0 aromatic heterocycles. The minimum atomic E-state index is -0.151. The summed E-state index contributed by atoms with van der Waals surface area (Å²) in [5.74, 6) is 1.28. The van der Waals surface area contributed by atoms with E-state index in [-0.39, 0.29) is 11.4 Å². The lowest BCUT2D eigenvalue weighted by atomic mass is 9.75. The summed E-state index contributed by atoms with van der Waals surface area (Å²) < 4.78 is 0. The van der Waals surface area contributed by atoms with Crippen molar-refractivity contribution in [1.29, 1.82) is 0 Å². The zero-order chi connectivity index (χ0) is 15.3. The van der Waals surface area contributed by atoms with Crippen LogP contribution in [-0.4, -0.2) is 35.5 Å². The first kappa shape index (κ1) is 16.7. The van der Waals surface area contributed by atoms with Crippen LogP contribution in [0.15, 0.2) is 4.99 Å². The first-order chi connectivity index (χ1) is 9.89. The Balaban J connectivity index is 1.69. The summed E-state index contributed by atoms with van der Waals surface area (Å²) in [5.41, 5.74) is 0.319. The molecule has 0 unspecified atom stereocenters. The van der Waals surface area contributed by atoms with E-state index in [1.807, 2.05) is 32.5 Å². The van der Waals surface area contributed by atoms with E-state index in [4.69, 9.17) is 4.99 Å². The van der Waals surface area contributed by atoms with Gasteiger partial charge in [-0.1, -0.05) is 31.0 Å². The maximum absolute atomic E-state index is 11.7. The van der Waals surface area contributed by atoms with Crippen molar-refractivity contribution in [3.8, 4) is 0 Å². The molecule has 1 aliphatic heterocycles. The third-order valence-corrected chi connectivity index (χ3v) is 5.43. The molecule has 21 heavy (non-hydrogen) atoms. The van der Waals surface area contributed by atoms with Crippen molar-refractivity contribution in [2.24, 2.45) is 10.4 Å². The number of carbonyl (C=O) groups excluding carboxylic acids is 1. The molecule has 1 fully saturated rings. The van der Waals surface area contributed by atoms with Crippen LogP contribution in [0.5, 0.6) is 0 Å².